The van der Waals surface area contributed by atoms with E-state index in [9.17, 15) is 4.79 Å². The molecule has 5 nitrogen and oxygen atoms in total. The van der Waals surface area contributed by atoms with Gasteiger partial charge in [-0.15, -0.1) is 0 Å². The van der Waals surface area contributed by atoms with Crippen LogP contribution in [0.3, 0.4) is 0 Å². The molecule has 0 aromatic heterocycles. The van der Waals surface area contributed by atoms with E-state index < -0.39 is 0 Å². The van der Waals surface area contributed by atoms with Crippen LogP contribution in [0, 0.1) is 0 Å². The van der Waals surface area contributed by atoms with Gasteiger partial charge in [-0.25, -0.2) is 5.43 Å². The van der Waals surface area contributed by atoms with Crippen molar-refractivity contribution in [2.24, 2.45) is 5.10 Å². The van der Waals surface area contributed by atoms with Crippen LogP contribution in [0.15, 0.2) is 47.6 Å². The number of carbonyl (C=O) groups excluding carboxylic acids is 1. The maximum atomic E-state index is 12.3. The second kappa shape index (κ2) is 7.20. The monoisotopic (exact) mass is 352 g/mol. The minimum Gasteiger partial charge on any atom is -0.486 e. The van der Waals surface area contributed by atoms with Crippen molar-refractivity contribution in [3.8, 4) is 11.5 Å². The Bertz CT molecular complexity index is 833. The van der Waals surface area contributed by atoms with Gasteiger partial charge >= 0.3 is 0 Å². The minimum absolute atomic E-state index is 0.0575. The number of carbonyl (C=O) groups is 1. The molecule has 0 spiro atoms. The zero-order valence-corrected chi connectivity index (χ0v) is 15.6. The predicted molar refractivity (Wildman–Crippen MR) is 102 cm³/mol. The summed E-state index contributed by atoms with van der Waals surface area (Å²) in [5.41, 5.74) is 6.00. The quantitative estimate of drug-likeness (QED) is 0.673. The molecule has 0 aliphatic carbocycles. The van der Waals surface area contributed by atoms with Gasteiger partial charge < -0.3 is 9.47 Å². The first-order chi connectivity index (χ1) is 12.3. The van der Waals surface area contributed by atoms with Gasteiger partial charge in [0.25, 0.3) is 5.91 Å². The van der Waals surface area contributed by atoms with Crippen LogP contribution in [0.4, 0.5) is 0 Å². The SMILES string of the molecule is CC(=NNC(=O)c1ccc(C(C)(C)C)cc1)c1ccc2c(c1)OCCO2. The van der Waals surface area contributed by atoms with E-state index in [1.165, 1.54) is 5.56 Å². The fourth-order valence-electron chi connectivity index (χ4n) is 2.65. The summed E-state index contributed by atoms with van der Waals surface area (Å²) in [6, 6.07) is 13.2. The van der Waals surface area contributed by atoms with E-state index >= 15 is 0 Å². The second-order valence-corrected chi connectivity index (χ2v) is 7.32. The minimum atomic E-state index is -0.234. The van der Waals surface area contributed by atoms with Gasteiger partial charge in [-0.2, -0.15) is 5.10 Å². The van der Waals surface area contributed by atoms with E-state index in [1.807, 2.05) is 49.4 Å². The van der Waals surface area contributed by atoms with Crippen molar-refractivity contribution in [1.82, 2.24) is 5.43 Å². The van der Waals surface area contributed by atoms with Crippen molar-refractivity contribution in [3.05, 3.63) is 59.2 Å². The molecule has 1 aliphatic heterocycles. The van der Waals surface area contributed by atoms with Gasteiger partial charge in [0.1, 0.15) is 13.2 Å². The molecule has 0 unspecified atom stereocenters. The summed E-state index contributed by atoms with van der Waals surface area (Å²) in [5, 5.41) is 4.21. The van der Waals surface area contributed by atoms with Gasteiger partial charge in [-0.05, 0) is 48.2 Å². The highest BCUT2D eigenvalue weighted by molar-refractivity contribution is 6.01. The van der Waals surface area contributed by atoms with Crippen LogP contribution in [0.25, 0.3) is 0 Å². The molecule has 2 aromatic rings. The number of rotatable bonds is 3. The first-order valence-electron chi connectivity index (χ1n) is 8.70. The van der Waals surface area contributed by atoms with E-state index in [0.29, 0.717) is 30.2 Å². The molecule has 1 N–H and O–H groups in total. The fourth-order valence-corrected chi connectivity index (χ4v) is 2.65. The molecule has 3 rings (SSSR count). The standard InChI is InChI=1S/C21H24N2O3/c1-14(16-7-10-18-19(13-16)26-12-11-25-18)22-23-20(24)15-5-8-17(9-6-15)21(2,3)4/h5-10,13H,11-12H2,1-4H3,(H,23,24). The van der Waals surface area contributed by atoms with Crippen LogP contribution in [0.1, 0.15) is 49.2 Å². The third-order valence-electron chi connectivity index (χ3n) is 4.30. The van der Waals surface area contributed by atoms with Gasteiger partial charge in [0.05, 0.1) is 5.71 Å². The Labute approximate surface area is 154 Å². The number of ether oxygens (including phenoxy) is 2. The number of benzene rings is 2. The van der Waals surface area contributed by atoms with Gasteiger partial charge in [-0.3, -0.25) is 4.79 Å². The number of nitrogens with one attached hydrogen (secondary N) is 1. The Morgan fingerprint density at radius 3 is 2.23 bits per heavy atom. The number of nitrogens with zero attached hydrogens (tertiary/aromatic N) is 1. The van der Waals surface area contributed by atoms with Crippen molar-refractivity contribution in [3.63, 3.8) is 0 Å². The first kappa shape index (κ1) is 18.0. The lowest BCUT2D eigenvalue weighted by atomic mass is 9.87. The van der Waals surface area contributed by atoms with Crippen molar-refractivity contribution >= 4 is 11.6 Å². The Kier molecular flexibility index (Phi) is 4.98. The van der Waals surface area contributed by atoms with E-state index in [4.69, 9.17) is 9.47 Å². The average molecular weight is 352 g/mol. The number of hydrogen-bond acceptors (Lipinski definition) is 4. The molecular weight excluding hydrogens is 328 g/mol. The van der Waals surface area contributed by atoms with E-state index in [-0.39, 0.29) is 11.3 Å². The van der Waals surface area contributed by atoms with Crippen molar-refractivity contribution < 1.29 is 14.3 Å². The Morgan fingerprint density at radius 1 is 0.962 bits per heavy atom. The van der Waals surface area contributed by atoms with Crippen molar-refractivity contribution in [2.45, 2.75) is 33.1 Å². The van der Waals surface area contributed by atoms with Crippen molar-refractivity contribution in [2.75, 3.05) is 13.2 Å². The second-order valence-electron chi connectivity index (χ2n) is 7.32. The van der Waals surface area contributed by atoms with Crippen LogP contribution in [0.2, 0.25) is 0 Å². The van der Waals surface area contributed by atoms with Crippen LogP contribution in [0.5, 0.6) is 11.5 Å². The molecule has 1 amide bonds. The third-order valence-corrected chi connectivity index (χ3v) is 4.30. The summed E-state index contributed by atoms with van der Waals surface area (Å²) < 4.78 is 11.1. The predicted octanol–water partition coefficient (Wildman–Crippen LogP) is 3.91. The summed E-state index contributed by atoms with van der Waals surface area (Å²) in [6.07, 6.45) is 0. The molecule has 1 aliphatic rings. The maximum Gasteiger partial charge on any atom is 0.271 e. The van der Waals surface area contributed by atoms with Crippen LogP contribution < -0.4 is 14.9 Å². The van der Waals surface area contributed by atoms with Gasteiger partial charge in [0.15, 0.2) is 11.5 Å². The molecule has 136 valence electrons. The Balaban J connectivity index is 1.69. The van der Waals surface area contributed by atoms with Crippen molar-refractivity contribution in [1.29, 1.82) is 0 Å². The molecule has 0 radical (unpaired) electrons. The zero-order chi connectivity index (χ0) is 18.7. The smallest absolute Gasteiger partial charge is 0.271 e. The fraction of sp³-hybridized carbons (Fsp3) is 0.333. The molecule has 2 aromatic carbocycles. The first-order valence-corrected chi connectivity index (χ1v) is 8.70. The van der Waals surface area contributed by atoms with E-state index in [1.54, 1.807) is 0 Å². The van der Waals surface area contributed by atoms with Gasteiger partial charge in [0, 0.05) is 11.1 Å². The Hall–Kier alpha value is -2.82. The summed E-state index contributed by atoms with van der Waals surface area (Å²) in [7, 11) is 0. The molecule has 0 atom stereocenters. The normalized spacial score (nSPS) is 14.1. The third kappa shape index (κ3) is 4.04. The molecule has 26 heavy (non-hydrogen) atoms. The van der Waals surface area contributed by atoms with E-state index in [0.717, 1.165) is 11.3 Å². The Morgan fingerprint density at radius 2 is 1.58 bits per heavy atom. The molecular formula is C21H24N2O3. The maximum absolute atomic E-state index is 12.3. The molecule has 0 saturated heterocycles. The molecule has 0 fully saturated rings. The van der Waals surface area contributed by atoms with Crippen LogP contribution in [-0.2, 0) is 5.41 Å². The highest BCUT2D eigenvalue weighted by Gasteiger charge is 2.15. The summed E-state index contributed by atoms with van der Waals surface area (Å²) >= 11 is 0. The summed E-state index contributed by atoms with van der Waals surface area (Å²) in [4.78, 5) is 12.3. The highest BCUT2D eigenvalue weighted by Crippen LogP contribution is 2.30. The number of hydrazone groups is 1. The molecule has 5 heteroatoms. The number of fused-ring (bicyclic) bond motifs is 1. The zero-order valence-electron chi connectivity index (χ0n) is 15.6. The lowest BCUT2D eigenvalue weighted by Gasteiger charge is -2.19. The average Bonchev–Trinajstić information content (AvgIpc) is 2.64. The molecule has 0 bridgehead atoms. The molecule has 1 heterocycles. The topological polar surface area (TPSA) is 59.9 Å². The lowest BCUT2D eigenvalue weighted by molar-refractivity contribution is 0.0955. The van der Waals surface area contributed by atoms with Crippen LogP contribution in [-0.4, -0.2) is 24.8 Å². The highest BCUT2D eigenvalue weighted by atomic mass is 16.6. The number of hydrogen-bond donors (Lipinski definition) is 1. The van der Waals surface area contributed by atoms with E-state index in [2.05, 4.69) is 31.3 Å². The van der Waals surface area contributed by atoms with Gasteiger partial charge in [0.2, 0.25) is 0 Å². The largest absolute Gasteiger partial charge is 0.486 e. The van der Waals surface area contributed by atoms with Crippen LogP contribution >= 0.6 is 0 Å². The molecule has 0 saturated carbocycles. The summed E-state index contributed by atoms with van der Waals surface area (Å²) in [5.74, 6) is 1.20. The lowest BCUT2D eigenvalue weighted by Crippen LogP contribution is -2.20. The number of amides is 1. The summed E-state index contributed by atoms with van der Waals surface area (Å²) in [6.45, 7) is 9.36. The van der Waals surface area contributed by atoms with Gasteiger partial charge in [-0.1, -0.05) is 32.9 Å².